The molecule has 0 aliphatic rings. The second-order valence-corrected chi connectivity index (χ2v) is 4.80. The number of rotatable bonds is 12. The molecule has 1 unspecified atom stereocenters. The smallest absolute Gasteiger partial charge is 0.310 e. The average Bonchev–Trinajstić information content (AvgIpc) is 2.31. The minimum atomic E-state index is -0.737. The van der Waals surface area contributed by atoms with Gasteiger partial charge in [-0.2, -0.15) is 0 Å². The van der Waals surface area contributed by atoms with Crippen LogP contribution >= 0.6 is 0 Å². The van der Waals surface area contributed by atoms with Crippen molar-refractivity contribution in [3.63, 3.8) is 0 Å². The number of carboxylic acid groups (broad SMARTS) is 1. The van der Waals surface area contributed by atoms with E-state index in [0.717, 1.165) is 19.3 Å². The summed E-state index contributed by atoms with van der Waals surface area (Å²) in [5.74, 6) is -1.08. The molecule has 0 radical (unpaired) electrons. The number of carbonyl (C=O) groups is 1. The number of hydrogen-bond acceptors (Lipinski definition) is 1. The molecule has 0 aromatic heterocycles. The quantitative estimate of drug-likeness (QED) is 0.393. The normalized spacial score (nSPS) is 12.3. The van der Waals surface area contributed by atoms with Gasteiger partial charge in [0.25, 0.3) is 0 Å². The number of unbranched alkanes of at least 4 members (excludes halogenated alkanes) is 8. The SMILES string of the molecule is C=CC(CCCCCCCCCCC)C(=O)O. The molecule has 0 rings (SSSR count). The summed E-state index contributed by atoms with van der Waals surface area (Å²) in [6, 6.07) is 0. The van der Waals surface area contributed by atoms with Crippen LogP contribution in [0.25, 0.3) is 0 Å². The van der Waals surface area contributed by atoms with Gasteiger partial charge in [0, 0.05) is 0 Å². The molecule has 1 atom stereocenters. The van der Waals surface area contributed by atoms with Gasteiger partial charge in [-0.3, -0.25) is 4.79 Å². The van der Waals surface area contributed by atoms with E-state index in [-0.39, 0.29) is 5.92 Å². The van der Waals surface area contributed by atoms with Gasteiger partial charge in [-0.1, -0.05) is 70.8 Å². The fourth-order valence-corrected chi connectivity index (χ4v) is 2.02. The maximum Gasteiger partial charge on any atom is 0.310 e. The highest BCUT2D eigenvalue weighted by molar-refractivity contribution is 5.71. The van der Waals surface area contributed by atoms with E-state index in [9.17, 15) is 4.79 Å². The lowest BCUT2D eigenvalue weighted by atomic mass is 10.00. The van der Waals surface area contributed by atoms with E-state index in [0.29, 0.717) is 0 Å². The fraction of sp³-hybridized carbons (Fsp3) is 0.800. The average molecular weight is 240 g/mol. The first-order chi connectivity index (χ1) is 8.22. The standard InChI is InChI=1S/C15H28O2/c1-3-5-6-7-8-9-10-11-12-13-14(4-2)15(16)17/h4,14H,2-3,5-13H2,1H3,(H,16,17). The van der Waals surface area contributed by atoms with Crippen LogP contribution in [0.3, 0.4) is 0 Å². The van der Waals surface area contributed by atoms with Gasteiger partial charge in [0.05, 0.1) is 5.92 Å². The summed E-state index contributed by atoms with van der Waals surface area (Å²) >= 11 is 0. The van der Waals surface area contributed by atoms with Crippen molar-refractivity contribution in [1.29, 1.82) is 0 Å². The zero-order valence-electron chi connectivity index (χ0n) is 11.3. The van der Waals surface area contributed by atoms with Gasteiger partial charge in [0.15, 0.2) is 0 Å². The van der Waals surface area contributed by atoms with Crippen molar-refractivity contribution in [2.24, 2.45) is 5.92 Å². The molecule has 100 valence electrons. The zero-order valence-corrected chi connectivity index (χ0v) is 11.3. The second-order valence-electron chi connectivity index (χ2n) is 4.80. The predicted octanol–water partition coefficient (Wildman–Crippen LogP) is 4.79. The molecule has 0 fully saturated rings. The Balaban J connectivity index is 3.23. The summed E-state index contributed by atoms with van der Waals surface area (Å²) in [4.78, 5) is 10.7. The summed E-state index contributed by atoms with van der Waals surface area (Å²) in [5.41, 5.74) is 0. The molecule has 2 heteroatoms. The third-order valence-corrected chi connectivity index (χ3v) is 3.22. The van der Waals surface area contributed by atoms with Crippen LogP contribution in [-0.4, -0.2) is 11.1 Å². The van der Waals surface area contributed by atoms with Crippen LogP contribution in [0.15, 0.2) is 12.7 Å². The third kappa shape index (κ3) is 10.1. The molecule has 2 nitrogen and oxygen atoms in total. The number of carboxylic acids is 1. The van der Waals surface area contributed by atoms with Gasteiger partial charge in [0.2, 0.25) is 0 Å². The van der Waals surface area contributed by atoms with Crippen molar-refractivity contribution in [2.75, 3.05) is 0 Å². The summed E-state index contributed by atoms with van der Waals surface area (Å²) < 4.78 is 0. The van der Waals surface area contributed by atoms with Crippen LogP contribution in [0.2, 0.25) is 0 Å². The first-order valence-electron chi connectivity index (χ1n) is 7.07. The maximum absolute atomic E-state index is 10.7. The minimum absolute atomic E-state index is 0.348. The van der Waals surface area contributed by atoms with Crippen LogP contribution in [0.5, 0.6) is 0 Å². The molecular formula is C15H28O2. The highest BCUT2D eigenvalue weighted by Crippen LogP contribution is 2.14. The molecular weight excluding hydrogens is 212 g/mol. The summed E-state index contributed by atoms with van der Waals surface area (Å²) in [6.45, 7) is 5.79. The Bertz CT molecular complexity index is 199. The molecule has 0 aliphatic heterocycles. The molecule has 0 saturated carbocycles. The maximum atomic E-state index is 10.7. The fourth-order valence-electron chi connectivity index (χ4n) is 2.02. The first-order valence-corrected chi connectivity index (χ1v) is 7.07. The van der Waals surface area contributed by atoms with E-state index in [1.807, 2.05) is 0 Å². The van der Waals surface area contributed by atoms with Crippen molar-refractivity contribution < 1.29 is 9.90 Å². The summed E-state index contributed by atoms with van der Waals surface area (Å²) in [6.07, 6.45) is 13.7. The van der Waals surface area contributed by atoms with Crippen molar-refractivity contribution in [3.05, 3.63) is 12.7 Å². The molecule has 0 saturated heterocycles. The lowest BCUT2D eigenvalue weighted by molar-refractivity contribution is -0.140. The van der Waals surface area contributed by atoms with E-state index >= 15 is 0 Å². The van der Waals surface area contributed by atoms with Gasteiger partial charge >= 0.3 is 5.97 Å². The van der Waals surface area contributed by atoms with Crippen LogP contribution in [0, 0.1) is 5.92 Å². The zero-order chi connectivity index (χ0) is 12.9. The van der Waals surface area contributed by atoms with E-state index in [4.69, 9.17) is 5.11 Å². The largest absolute Gasteiger partial charge is 0.481 e. The van der Waals surface area contributed by atoms with E-state index in [2.05, 4.69) is 13.5 Å². The van der Waals surface area contributed by atoms with Gasteiger partial charge in [-0.25, -0.2) is 0 Å². The molecule has 17 heavy (non-hydrogen) atoms. The topological polar surface area (TPSA) is 37.3 Å². The van der Waals surface area contributed by atoms with E-state index in [1.54, 1.807) is 6.08 Å². The van der Waals surface area contributed by atoms with Gasteiger partial charge < -0.3 is 5.11 Å². The Hall–Kier alpha value is -0.790. The summed E-state index contributed by atoms with van der Waals surface area (Å²) in [7, 11) is 0. The van der Waals surface area contributed by atoms with Crippen LogP contribution in [0.1, 0.15) is 71.1 Å². The summed E-state index contributed by atoms with van der Waals surface area (Å²) in [5, 5.41) is 8.83. The van der Waals surface area contributed by atoms with E-state index < -0.39 is 5.97 Å². The number of hydrogen-bond donors (Lipinski definition) is 1. The van der Waals surface area contributed by atoms with Crippen molar-refractivity contribution in [3.8, 4) is 0 Å². The van der Waals surface area contributed by atoms with Gasteiger partial charge in [-0.05, 0) is 6.42 Å². The lowest BCUT2D eigenvalue weighted by Crippen LogP contribution is -2.10. The van der Waals surface area contributed by atoms with Gasteiger partial charge in [-0.15, -0.1) is 6.58 Å². The van der Waals surface area contributed by atoms with Crippen molar-refractivity contribution in [1.82, 2.24) is 0 Å². The first kappa shape index (κ1) is 16.2. The van der Waals surface area contributed by atoms with E-state index in [1.165, 1.54) is 44.9 Å². The highest BCUT2D eigenvalue weighted by Gasteiger charge is 2.11. The molecule has 0 aromatic carbocycles. The Morgan fingerprint density at radius 1 is 1.06 bits per heavy atom. The molecule has 0 heterocycles. The Labute approximate surface area is 106 Å². The lowest BCUT2D eigenvalue weighted by Gasteiger charge is -2.06. The Kier molecular flexibility index (Phi) is 11.1. The molecule has 0 aromatic rings. The monoisotopic (exact) mass is 240 g/mol. The van der Waals surface area contributed by atoms with Crippen LogP contribution in [-0.2, 0) is 4.79 Å². The third-order valence-electron chi connectivity index (χ3n) is 3.22. The van der Waals surface area contributed by atoms with Gasteiger partial charge in [0.1, 0.15) is 0 Å². The van der Waals surface area contributed by atoms with Crippen LogP contribution < -0.4 is 0 Å². The number of aliphatic carboxylic acids is 1. The molecule has 0 amide bonds. The Morgan fingerprint density at radius 3 is 1.94 bits per heavy atom. The molecule has 0 spiro atoms. The highest BCUT2D eigenvalue weighted by atomic mass is 16.4. The minimum Gasteiger partial charge on any atom is -0.481 e. The molecule has 0 aliphatic carbocycles. The van der Waals surface area contributed by atoms with Crippen molar-refractivity contribution >= 4 is 5.97 Å². The Morgan fingerprint density at radius 2 is 1.53 bits per heavy atom. The second kappa shape index (κ2) is 11.7. The van der Waals surface area contributed by atoms with Crippen molar-refractivity contribution in [2.45, 2.75) is 71.1 Å². The van der Waals surface area contributed by atoms with Crippen LogP contribution in [0.4, 0.5) is 0 Å². The predicted molar refractivity (Wildman–Crippen MR) is 73.2 cm³/mol. The molecule has 0 bridgehead atoms. The molecule has 1 N–H and O–H groups in total.